The van der Waals surface area contributed by atoms with Gasteiger partial charge >= 0.3 is 11.8 Å². The molecule has 25 heavy (non-hydrogen) atoms. The molecule has 1 saturated heterocycles. The summed E-state index contributed by atoms with van der Waals surface area (Å²) < 4.78 is 0. The molecule has 1 fully saturated rings. The highest BCUT2D eigenvalue weighted by molar-refractivity contribution is 6.35. The van der Waals surface area contributed by atoms with Crippen LogP contribution in [0.4, 0.5) is 5.69 Å². The summed E-state index contributed by atoms with van der Waals surface area (Å²) >= 11 is 0. The topological polar surface area (TPSA) is 81.8 Å². The summed E-state index contributed by atoms with van der Waals surface area (Å²) in [6.45, 7) is 7.54. The number of rotatable bonds is 6. The van der Waals surface area contributed by atoms with Crippen LogP contribution in [0.3, 0.4) is 0 Å². The Morgan fingerprint density at radius 2 is 1.84 bits per heavy atom. The second-order valence-corrected chi connectivity index (χ2v) is 6.18. The first-order valence-corrected chi connectivity index (χ1v) is 8.60. The molecule has 7 heteroatoms. The molecule has 1 aliphatic rings. The monoisotopic (exact) mass is 346 g/mol. The number of benzene rings is 1. The molecular formula is C18H26N4O3. The molecule has 3 amide bonds. The summed E-state index contributed by atoms with van der Waals surface area (Å²) in [5.74, 6) is -1.06. The zero-order valence-corrected chi connectivity index (χ0v) is 14.9. The molecule has 2 N–H and O–H groups in total. The highest BCUT2D eigenvalue weighted by Crippen LogP contribution is 2.23. The molecule has 0 bridgehead atoms. The number of nitrogens with zero attached hydrogens (tertiary/aromatic N) is 2. The van der Waals surface area contributed by atoms with E-state index in [4.69, 9.17) is 0 Å². The fourth-order valence-electron chi connectivity index (χ4n) is 2.90. The second-order valence-electron chi connectivity index (χ2n) is 6.18. The smallest absolute Gasteiger partial charge is 0.312 e. The Morgan fingerprint density at radius 1 is 1.12 bits per heavy atom. The van der Waals surface area contributed by atoms with E-state index in [1.807, 2.05) is 6.07 Å². The number of aryl methyl sites for hydroxylation is 1. The molecule has 2 rings (SSSR count). The molecule has 0 atom stereocenters. The molecule has 1 aromatic rings. The lowest BCUT2D eigenvalue weighted by Crippen LogP contribution is -2.53. The fourth-order valence-corrected chi connectivity index (χ4v) is 2.90. The van der Waals surface area contributed by atoms with Gasteiger partial charge in [-0.2, -0.15) is 0 Å². The lowest BCUT2D eigenvalue weighted by atomic mass is 10.1. The molecule has 1 heterocycles. The predicted octanol–water partition coefficient (Wildman–Crippen LogP) is 0.204. The van der Waals surface area contributed by atoms with Gasteiger partial charge in [-0.15, -0.1) is 0 Å². The SMILES string of the molecule is Cc1cccc(N2CCN(C(=O)C(=O)NCCCNC=O)CC2)c1C. The molecular weight excluding hydrogens is 320 g/mol. The van der Waals surface area contributed by atoms with Crippen LogP contribution in [0.25, 0.3) is 0 Å². The van der Waals surface area contributed by atoms with Crippen molar-refractivity contribution in [3.8, 4) is 0 Å². The fraction of sp³-hybridized carbons (Fsp3) is 0.500. The third kappa shape index (κ3) is 4.95. The maximum Gasteiger partial charge on any atom is 0.312 e. The van der Waals surface area contributed by atoms with Crippen molar-refractivity contribution in [2.75, 3.05) is 44.2 Å². The van der Waals surface area contributed by atoms with Gasteiger partial charge in [0.2, 0.25) is 6.41 Å². The van der Waals surface area contributed by atoms with Gasteiger partial charge in [0.1, 0.15) is 0 Å². The van der Waals surface area contributed by atoms with Gasteiger partial charge in [-0.25, -0.2) is 0 Å². The van der Waals surface area contributed by atoms with Gasteiger partial charge < -0.3 is 20.4 Å². The number of amides is 3. The molecule has 0 spiro atoms. The van der Waals surface area contributed by atoms with Crippen LogP contribution in [0.2, 0.25) is 0 Å². The van der Waals surface area contributed by atoms with Gasteiger partial charge in [0.15, 0.2) is 0 Å². The van der Waals surface area contributed by atoms with Crippen molar-refractivity contribution in [1.82, 2.24) is 15.5 Å². The van der Waals surface area contributed by atoms with Gasteiger partial charge in [0, 0.05) is 45.0 Å². The minimum Gasteiger partial charge on any atom is -0.368 e. The van der Waals surface area contributed by atoms with E-state index in [1.165, 1.54) is 16.8 Å². The Kier molecular flexibility index (Phi) is 6.80. The zero-order valence-electron chi connectivity index (χ0n) is 14.9. The molecule has 0 saturated carbocycles. The van der Waals surface area contributed by atoms with Crippen molar-refractivity contribution in [2.24, 2.45) is 0 Å². The standard InChI is InChI=1S/C18H26N4O3/c1-14-5-3-6-16(15(14)2)21-9-11-22(12-10-21)18(25)17(24)20-8-4-7-19-13-23/h3,5-6,13H,4,7-12H2,1-2H3,(H,19,23)(H,20,24). The summed E-state index contributed by atoms with van der Waals surface area (Å²) in [5.41, 5.74) is 3.70. The van der Waals surface area contributed by atoms with Gasteiger partial charge in [0.05, 0.1) is 0 Å². The highest BCUT2D eigenvalue weighted by atomic mass is 16.2. The van der Waals surface area contributed by atoms with Crippen LogP contribution in [-0.4, -0.2) is 62.4 Å². The molecule has 0 radical (unpaired) electrons. The van der Waals surface area contributed by atoms with E-state index in [0.29, 0.717) is 52.1 Å². The summed E-state index contributed by atoms with van der Waals surface area (Å²) in [6.07, 6.45) is 1.21. The van der Waals surface area contributed by atoms with E-state index in [2.05, 4.69) is 41.5 Å². The van der Waals surface area contributed by atoms with E-state index in [-0.39, 0.29) is 0 Å². The summed E-state index contributed by atoms with van der Waals surface area (Å²) in [6, 6.07) is 6.23. The first-order chi connectivity index (χ1) is 12.0. The van der Waals surface area contributed by atoms with Gasteiger partial charge in [0.25, 0.3) is 0 Å². The minimum atomic E-state index is -0.578. The molecule has 0 aromatic heterocycles. The van der Waals surface area contributed by atoms with Crippen LogP contribution in [-0.2, 0) is 14.4 Å². The Bertz CT molecular complexity index is 625. The van der Waals surface area contributed by atoms with E-state index >= 15 is 0 Å². The van der Waals surface area contributed by atoms with Crippen molar-refractivity contribution in [2.45, 2.75) is 20.3 Å². The van der Waals surface area contributed by atoms with Gasteiger partial charge in [-0.3, -0.25) is 14.4 Å². The molecule has 7 nitrogen and oxygen atoms in total. The van der Waals surface area contributed by atoms with E-state index < -0.39 is 11.8 Å². The first-order valence-electron chi connectivity index (χ1n) is 8.60. The quantitative estimate of drug-likeness (QED) is 0.438. The Morgan fingerprint density at radius 3 is 2.52 bits per heavy atom. The van der Waals surface area contributed by atoms with E-state index in [1.54, 1.807) is 4.90 Å². The number of piperazine rings is 1. The predicted molar refractivity (Wildman–Crippen MR) is 96.4 cm³/mol. The Balaban J connectivity index is 1.81. The van der Waals surface area contributed by atoms with Crippen molar-refractivity contribution in [1.29, 1.82) is 0 Å². The average Bonchev–Trinajstić information content (AvgIpc) is 2.63. The van der Waals surface area contributed by atoms with Crippen molar-refractivity contribution in [3.05, 3.63) is 29.3 Å². The third-order valence-corrected chi connectivity index (χ3v) is 4.54. The average molecular weight is 346 g/mol. The highest BCUT2D eigenvalue weighted by Gasteiger charge is 2.26. The van der Waals surface area contributed by atoms with Crippen LogP contribution in [0.5, 0.6) is 0 Å². The summed E-state index contributed by atoms with van der Waals surface area (Å²) in [4.78, 5) is 38.1. The first kappa shape index (κ1) is 18.8. The minimum absolute atomic E-state index is 0.369. The number of anilines is 1. The van der Waals surface area contributed by atoms with Crippen LogP contribution in [0, 0.1) is 13.8 Å². The van der Waals surface area contributed by atoms with Gasteiger partial charge in [-0.05, 0) is 37.5 Å². The van der Waals surface area contributed by atoms with Gasteiger partial charge in [-0.1, -0.05) is 12.1 Å². The van der Waals surface area contributed by atoms with Crippen LogP contribution < -0.4 is 15.5 Å². The van der Waals surface area contributed by atoms with Crippen LogP contribution in [0.15, 0.2) is 18.2 Å². The second kappa shape index (κ2) is 9.05. The Hall–Kier alpha value is -2.57. The third-order valence-electron chi connectivity index (χ3n) is 4.54. The van der Waals surface area contributed by atoms with Crippen molar-refractivity contribution in [3.63, 3.8) is 0 Å². The molecule has 0 aliphatic carbocycles. The number of nitrogens with one attached hydrogen (secondary N) is 2. The van der Waals surface area contributed by atoms with Crippen LogP contribution >= 0.6 is 0 Å². The maximum atomic E-state index is 12.2. The van der Waals surface area contributed by atoms with Crippen molar-refractivity contribution >= 4 is 23.9 Å². The summed E-state index contributed by atoms with van der Waals surface area (Å²) in [5, 5.41) is 5.11. The lowest BCUT2D eigenvalue weighted by Gasteiger charge is -2.36. The zero-order chi connectivity index (χ0) is 18.2. The molecule has 0 unspecified atom stereocenters. The number of hydrogen-bond donors (Lipinski definition) is 2. The van der Waals surface area contributed by atoms with Crippen LogP contribution in [0.1, 0.15) is 17.5 Å². The van der Waals surface area contributed by atoms with E-state index in [9.17, 15) is 14.4 Å². The molecule has 1 aromatic carbocycles. The van der Waals surface area contributed by atoms with Crippen molar-refractivity contribution < 1.29 is 14.4 Å². The number of carbonyl (C=O) groups is 3. The van der Waals surface area contributed by atoms with E-state index in [0.717, 1.165) is 0 Å². The normalized spacial score (nSPS) is 14.2. The largest absolute Gasteiger partial charge is 0.368 e. The lowest BCUT2D eigenvalue weighted by molar-refractivity contribution is -0.146. The molecule has 136 valence electrons. The number of hydrogen-bond acceptors (Lipinski definition) is 4. The molecule has 1 aliphatic heterocycles. The Labute approximate surface area is 148 Å². The number of carbonyl (C=O) groups excluding carboxylic acids is 3. The summed E-state index contributed by atoms with van der Waals surface area (Å²) in [7, 11) is 0. The maximum absolute atomic E-state index is 12.2.